The summed E-state index contributed by atoms with van der Waals surface area (Å²) in [5.74, 6) is 2.19. The molecule has 0 spiro atoms. The lowest BCUT2D eigenvalue weighted by atomic mass is 9.82. The highest BCUT2D eigenvalue weighted by Gasteiger charge is 2.44. The first-order valence-electron chi connectivity index (χ1n) is 11.9. The van der Waals surface area contributed by atoms with Crippen LogP contribution in [0.15, 0.2) is 30.3 Å². The van der Waals surface area contributed by atoms with Gasteiger partial charge in [0.05, 0.1) is 33.3 Å². The number of anilines is 1. The number of hydrogen-bond acceptors (Lipinski definition) is 7. The Labute approximate surface area is 204 Å². The number of benzene rings is 2. The summed E-state index contributed by atoms with van der Waals surface area (Å²) in [6.45, 7) is 1.63. The topological polar surface area (TPSA) is 86.8 Å². The van der Waals surface area contributed by atoms with Gasteiger partial charge in [-0.3, -0.25) is 9.59 Å². The molecule has 0 N–H and O–H groups in total. The Morgan fingerprint density at radius 3 is 2.29 bits per heavy atom. The van der Waals surface area contributed by atoms with Gasteiger partial charge in [0.15, 0.2) is 23.0 Å². The lowest BCUT2D eigenvalue weighted by molar-refractivity contribution is -0.137. The second kappa shape index (κ2) is 9.56. The zero-order valence-corrected chi connectivity index (χ0v) is 20.2. The van der Waals surface area contributed by atoms with Crippen molar-refractivity contribution in [1.29, 1.82) is 0 Å². The fourth-order valence-corrected chi connectivity index (χ4v) is 5.32. The van der Waals surface area contributed by atoms with E-state index < -0.39 is 12.0 Å². The molecule has 3 aliphatic heterocycles. The van der Waals surface area contributed by atoms with Gasteiger partial charge in [0, 0.05) is 31.3 Å². The van der Waals surface area contributed by atoms with Crippen LogP contribution in [0.4, 0.5) is 5.69 Å². The molecule has 2 saturated heterocycles. The van der Waals surface area contributed by atoms with Crippen LogP contribution in [0.1, 0.15) is 37.3 Å². The van der Waals surface area contributed by atoms with E-state index in [1.165, 1.54) is 0 Å². The van der Waals surface area contributed by atoms with Crippen molar-refractivity contribution in [2.24, 2.45) is 5.92 Å². The highest BCUT2D eigenvalue weighted by atomic mass is 16.7. The van der Waals surface area contributed by atoms with Gasteiger partial charge in [-0.05, 0) is 49.1 Å². The molecule has 0 radical (unpaired) electrons. The molecule has 3 heterocycles. The standard InChI is InChI=1S/C26H30N2O7/c1-31-21-12-16(13-22(32-2)25(21)33-3)24-18(26(30)27-10-4-5-11-27)7-9-23(29)28(24)17-6-8-19-20(14-17)35-15-34-19/h6,8,12-14,18,24H,4-5,7,9-11,15H2,1-3H3. The monoisotopic (exact) mass is 482 g/mol. The van der Waals surface area contributed by atoms with Crippen molar-refractivity contribution in [3.8, 4) is 28.7 Å². The third kappa shape index (κ3) is 4.09. The largest absolute Gasteiger partial charge is 0.493 e. The number of rotatable bonds is 6. The number of likely N-dealkylation sites (tertiary alicyclic amines) is 1. The lowest BCUT2D eigenvalue weighted by Gasteiger charge is -2.42. The molecule has 2 atom stereocenters. The first-order chi connectivity index (χ1) is 17.0. The van der Waals surface area contributed by atoms with E-state index in [9.17, 15) is 9.59 Å². The van der Waals surface area contributed by atoms with Gasteiger partial charge in [-0.25, -0.2) is 0 Å². The van der Waals surface area contributed by atoms with E-state index in [2.05, 4.69) is 0 Å². The first kappa shape index (κ1) is 23.1. The average Bonchev–Trinajstić information content (AvgIpc) is 3.59. The SMILES string of the molecule is COc1cc(C2C(C(=O)N3CCCC3)CCC(=O)N2c2ccc3c(c2)OCO3)cc(OC)c1OC. The van der Waals surface area contributed by atoms with Gasteiger partial charge >= 0.3 is 0 Å². The van der Waals surface area contributed by atoms with E-state index in [4.69, 9.17) is 23.7 Å². The number of carbonyl (C=O) groups is 2. The van der Waals surface area contributed by atoms with Crippen molar-refractivity contribution in [2.75, 3.05) is 46.1 Å². The molecule has 0 bridgehead atoms. The van der Waals surface area contributed by atoms with Gasteiger partial charge in [-0.1, -0.05) is 0 Å². The molecule has 35 heavy (non-hydrogen) atoms. The highest BCUT2D eigenvalue weighted by Crippen LogP contribution is 2.47. The zero-order valence-electron chi connectivity index (χ0n) is 20.2. The number of ether oxygens (including phenoxy) is 5. The Balaban J connectivity index is 1.65. The van der Waals surface area contributed by atoms with Crippen LogP contribution in [0.25, 0.3) is 0 Å². The van der Waals surface area contributed by atoms with Crippen LogP contribution >= 0.6 is 0 Å². The summed E-state index contributed by atoms with van der Waals surface area (Å²) >= 11 is 0. The van der Waals surface area contributed by atoms with Gasteiger partial charge in [-0.2, -0.15) is 0 Å². The summed E-state index contributed by atoms with van der Waals surface area (Å²) in [5.41, 5.74) is 1.39. The minimum Gasteiger partial charge on any atom is -0.493 e. The van der Waals surface area contributed by atoms with Gasteiger partial charge in [0.1, 0.15) is 0 Å². The molecule has 9 nitrogen and oxygen atoms in total. The van der Waals surface area contributed by atoms with E-state index in [0.29, 0.717) is 40.9 Å². The van der Waals surface area contributed by atoms with E-state index in [-0.39, 0.29) is 25.0 Å². The summed E-state index contributed by atoms with van der Waals surface area (Å²) in [6.07, 6.45) is 2.74. The van der Waals surface area contributed by atoms with Crippen molar-refractivity contribution in [3.63, 3.8) is 0 Å². The third-order valence-electron chi connectivity index (χ3n) is 7.00. The van der Waals surface area contributed by atoms with Gasteiger partial charge in [0.2, 0.25) is 24.4 Å². The second-order valence-electron chi connectivity index (χ2n) is 8.88. The zero-order chi connectivity index (χ0) is 24.5. The van der Waals surface area contributed by atoms with Crippen molar-refractivity contribution >= 4 is 17.5 Å². The normalized spacial score (nSPS) is 21.3. The van der Waals surface area contributed by atoms with Crippen LogP contribution < -0.4 is 28.6 Å². The van der Waals surface area contributed by atoms with Crippen molar-refractivity contribution < 1.29 is 33.3 Å². The second-order valence-corrected chi connectivity index (χ2v) is 8.88. The van der Waals surface area contributed by atoms with Gasteiger partial charge < -0.3 is 33.5 Å². The summed E-state index contributed by atoms with van der Waals surface area (Å²) in [7, 11) is 4.65. The molecule has 0 aromatic heterocycles. The highest BCUT2D eigenvalue weighted by molar-refractivity contribution is 5.98. The number of carbonyl (C=O) groups excluding carboxylic acids is 2. The summed E-state index contributed by atoms with van der Waals surface area (Å²) in [4.78, 5) is 30.8. The smallest absolute Gasteiger partial charge is 0.231 e. The predicted octanol–water partition coefficient (Wildman–Crippen LogP) is 3.55. The van der Waals surface area contributed by atoms with E-state index in [1.807, 2.05) is 23.1 Å². The quantitative estimate of drug-likeness (QED) is 0.622. The molecule has 5 rings (SSSR count). The molecular formula is C26H30N2O7. The Bertz CT molecular complexity index is 1100. The molecule has 2 amide bonds. The summed E-state index contributed by atoms with van der Waals surface area (Å²) in [6, 6.07) is 8.53. The number of nitrogens with zero attached hydrogens (tertiary/aromatic N) is 2. The molecule has 3 aliphatic rings. The molecule has 2 unspecified atom stereocenters. The fraction of sp³-hybridized carbons (Fsp3) is 0.462. The van der Waals surface area contributed by atoms with Crippen LogP contribution in [0, 0.1) is 5.92 Å². The Hall–Kier alpha value is -3.62. The van der Waals surface area contributed by atoms with E-state index >= 15 is 0 Å². The number of fused-ring (bicyclic) bond motifs is 1. The Morgan fingerprint density at radius 1 is 0.943 bits per heavy atom. The molecule has 186 valence electrons. The van der Waals surface area contributed by atoms with Crippen molar-refractivity contribution in [2.45, 2.75) is 31.7 Å². The number of piperidine rings is 1. The minimum atomic E-state index is -0.557. The average molecular weight is 483 g/mol. The van der Waals surface area contributed by atoms with Crippen molar-refractivity contribution in [3.05, 3.63) is 35.9 Å². The molecule has 2 aromatic rings. The maximum absolute atomic E-state index is 13.7. The molecule has 0 saturated carbocycles. The summed E-state index contributed by atoms with van der Waals surface area (Å²) in [5, 5.41) is 0. The summed E-state index contributed by atoms with van der Waals surface area (Å²) < 4.78 is 27.7. The molecule has 2 fully saturated rings. The maximum Gasteiger partial charge on any atom is 0.231 e. The van der Waals surface area contributed by atoms with Crippen LogP contribution in [0.2, 0.25) is 0 Å². The molecule has 2 aromatic carbocycles. The van der Waals surface area contributed by atoms with E-state index in [0.717, 1.165) is 31.5 Å². The maximum atomic E-state index is 13.7. The predicted molar refractivity (Wildman–Crippen MR) is 127 cm³/mol. The Morgan fingerprint density at radius 2 is 1.63 bits per heavy atom. The van der Waals surface area contributed by atoms with E-state index in [1.54, 1.807) is 38.4 Å². The first-order valence-corrected chi connectivity index (χ1v) is 11.9. The molecule has 9 heteroatoms. The Kier molecular flexibility index (Phi) is 6.32. The number of amides is 2. The molecule has 0 aliphatic carbocycles. The fourth-order valence-electron chi connectivity index (χ4n) is 5.32. The van der Waals surface area contributed by atoms with Crippen LogP contribution in [-0.4, -0.2) is 57.9 Å². The lowest BCUT2D eigenvalue weighted by Crippen LogP contribution is -2.49. The number of methoxy groups -OCH3 is 3. The third-order valence-corrected chi connectivity index (χ3v) is 7.00. The van der Waals surface area contributed by atoms with Crippen molar-refractivity contribution in [1.82, 2.24) is 4.90 Å². The van der Waals surface area contributed by atoms with Gasteiger partial charge in [-0.15, -0.1) is 0 Å². The van der Waals surface area contributed by atoms with Crippen LogP contribution in [0.3, 0.4) is 0 Å². The van der Waals surface area contributed by atoms with Crippen LogP contribution in [0.5, 0.6) is 28.7 Å². The van der Waals surface area contributed by atoms with Gasteiger partial charge in [0.25, 0.3) is 0 Å². The minimum absolute atomic E-state index is 0.0620. The number of hydrogen-bond donors (Lipinski definition) is 0. The molecular weight excluding hydrogens is 452 g/mol. The van der Waals surface area contributed by atoms with Crippen LogP contribution in [-0.2, 0) is 9.59 Å².